The van der Waals surface area contributed by atoms with Crippen LogP contribution in [0.5, 0.6) is 0 Å². The van der Waals surface area contributed by atoms with E-state index in [1.54, 1.807) is 18.2 Å². The van der Waals surface area contributed by atoms with Crippen molar-refractivity contribution < 1.29 is 8.78 Å². The van der Waals surface area contributed by atoms with Gasteiger partial charge in [0.25, 0.3) is 5.92 Å². The molecule has 0 atom stereocenters. The molecule has 0 amide bonds. The van der Waals surface area contributed by atoms with Crippen LogP contribution in [0.2, 0.25) is 0 Å². The van der Waals surface area contributed by atoms with Crippen molar-refractivity contribution >= 4 is 5.69 Å². The number of rotatable bonds is 3. The first kappa shape index (κ1) is 12.6. The minimum absolute atomic E-state index is 0.0534. The van der Waals surface area contributed by atoms with Crippen LogP contribution in [-0.2, 0) is 5.92 Å². The van der Waals surface area contributed by atoms with E-state index in [1.165, 1.54) is 19.1 Å². The highest BCUT2D eigenvalue weighted by Gasteiger charge is 2.28. The van der Waals surface area contributed by atoms with Crippen LogP contribution >= 0.6 is 0 Å². The molecule has 2 rings (SSSR count). The summed E-state index contributed by atoms with van der Waals surface area (Å²) in [5.74, 6) is -2.76. The molecule has 0 radical (unpaired) electrons. The monoisotopic (exact) mass is 247 g/mol. The smallest absolute Gasteiger partial charge is 0.273 e. The summed E-state index contributed by atoms with van der Waals surface area (Å²) in [6.45, 7) is 1.48. The third-order valence-electron chi connectivity index (χ3n) is 2.97. The second-order valence-corrected chi connectivity index (χ2v) is 4.26. The van der Waals surface area contributed by atoms with Gasteiger partial charge in [-0.05, 0) is 23.3 Å². The van der Waals surface area contributed by atoms with Crippen LogP contribution in [0, 0.1) is 0 Å². The highest BCUT2D eigenvalue weighted by atomic mass is 19.3. The lowest BCUT2D eigenvalue weighted by molar-refractivity contribution is -0.00826. The zero-order chi connectivity index (χ0) is 13.2. The van der Waals surface area contributed by atoms with Crippen LogP contribution in [0.4, 0.5) is 14.5 Å². The van der Waals surface area contributed by atoms with Gasteiger partial charge in [0.1, 0.15) is 0 Å². The van der Waals surface area contributed by atoms with Crippen LogP contribution in [0.3, 0.4) is 0 Å². The van der Waals surface area contributed by atoms with E-state index in [9.17, 15) is 8.78 Å². The summed E-state index contributed by atoms with van der Waals surface area (Å²) in [6, 6.07) is 13.7. The number of anilines is 1. The summed E-state index contributed by atoms with van der Waals surface area (Å²) in [5, 5.41) is 0. The highest BCUT2D eigenvalue weighted by Crippen LogP contribution is 2.32. The van der Waals surface area contributed by atoms with Gasteiger partial charge in [-0.1, -0.05) is 43.3 Å². The fourth-order valence-electron chi connectivity index (χ4n) is 1.83. The Morgan fingerprint density at radius 1 is 1.00 bits per heavy atom. The minimum Gasteiger partial charge on any atom is -0.399 e. The summed E-state index contributed by atoms with van der Waals surface area (Å²) in [5.41, 5.74) is 8.23. The van der Waals surface area contributed by atoms with Crippen molar-refractivity contribution in [3.63, 3.8) is 0 Å². The Labute approximate surface area is 105 Å². The zero-order valence-corrected chi connectivity index (χ0v) is 10.2. The maximum atomic E-state index is 13.5. The van der Waals surface area contributed by atoms with Crippen molar-refractivity contribution in [2.75, 3.05) is 5.73 Å². The molecule has 0 aliphatic heterocycles. The van der Waals surface area contributed by atoms with Crippen molar-refractivity contribution in [2.45, 2.75) is 19.3 Å². The predicted molar refractivity (Wildman–Crippen MR) is 70.5 cm³/mol. The Bertz CT molecular complexity index is 532. The van der Waals surface area contributed by atoms with Gasteiger partial charge >= 0.3 is 0 Å². The summed E-state index contributed by atoms with van der Waals surface area (Å²) in [6.07, 6.45) is -0.190. The van der Waals surface area contributed by atoms with Gasteiger partial charge in [0.2, 0.25) is 0 Å². The third kappa shape index (κ3) is 2.50. The first-order valence-corrected chi connectivity index (χ1v) is 5.87. The van der Waals surface area contributed by atoms with Gasteiger partial charge in [-0.3, -0.25) is 0 Å². The second kappa shape index (κ2) is 4.77. The molecule has 2 aromatic rings. The second-order valence-electron chi connectivity index (χ2n) is 4.26. The van der Waals surface area contributed by atoms with Crippen LogP contribution in [0.15, 0.2) is 48.5 Å². The molecule has 0 unspecified atom stereocenters. The molecule has 0 saturated carbocycles. The maximum absolute atomic E-state index is 13.5. The lowest BCUT2D eigenvalue weighted by atomic mass is 10.0. The molecule has 0 heterocycles. The van der Waals surface area contributed by atoms with Crippen LogP contribution < -0.4 is 5.73 Å². The number of nitrogens with two attached hydrogens (primary N) is 1. The van der Waals surface area contributed by atoms with Gasteiger partial charge in [-0.15, -0.1) is 0 Å². The minimum atomic E-state index is -2.76. The third-order valence-corrected chi connectivity index (χ3v) is 2.97. The molecule has 0 aliphatic rings. The Morgan fingerprint density at radius 2 is 1.67 bits per heavy atom. The molecule has 3 heteroatoms. The molecule has 0 spiro atoms. The van der Waals surface area contributed by atoms with Crippen LogP contribution in [0.1, 0.15) is 18.9 Å². The van der Waals surface area contributed by atoms with E-state index in [0.29, 0.717) is 5.69 Å². The largest absolute Gasteiger partial charge is 0.399 e. The first-order chi connectivity index (χ1) is 8.53. The van der Waals surface area contributed by atoms with Crippen molar-refractivity contribution in [2.24, 2.45) is 0 Å². The summed E-state index contributed by atoms with van der Waals surface area (Å²) < 4.78 is 26.9. The van der Waals surface area contributed by atoms with Crippen LogP contribution in [-0.4, -0.2) is 0 Å². The molecule has 94 valence electrons. The van der Waals surface area contributed by atoms with Gasteiger partial charge in [0, 0.05) is 17.7 Å². The van der Waals surface area contributed by atoms with Gasteiger partial charge < -0.3 is 5.73 Å². The molecule has 1 nitrogen and oxygen atoms in total. The average Bonchev–Trinajstić information content (AvgIpc) is 2.39. The lowest BCUT2D eigenvalue weighted by Gasteiger charge is -2.14. The van der Waals surface area contributed by atoms with Gasteiger partial charge in [-0.25, -0.2) is 8.78 Å². The number of nitrogen functional groups attached to an aromatic ring is 1. The maximum Gasteiger partial charge on any atom is 0.273 e. The summed E-state index contributed by atoms with van der Waals surface area (Å²) in [4.78, 5) is 0. The Kier molecular flexibility index (Phi) is 3.32. The van der Waals surface area contributed by atoms with E-state index in [2.05, 4.69) is 0 Å². The van der Waals surface area contributed by atoms with Crippen molar-refractivity contribution in [1.29, 1.82) is 0 Å². The molecular formula is C15H15F2N. The van der Waals surface area contributed by atoms with Crippen molar-refractivity contribution in [3.8, 4) is 11.1 Å². The fourth-order valence-corrected chi connectivity index (χ4v) is 1.83. The molecule has 0 fully saturated rings. The van der Waals surface area contributed by atoms with Gasteiger partial charge in [0.15, 0.2) is 0 Å². The fraction of sp³-hybridized carbons (Fsp3) is 0.200. The number of hydrogen-bond acceptors (Lipinski definition) is 1. The van der Waals surface area contributed by atoms with Crippen molar-refractivity contribution in [3.05, 3.63) is 54.1 Å². The summed E-state index contributed by atoms with van der Waals surface area (Å²) in [7, 11) is 0. The van der Waals surface area contributed by atoms with Crippen molar-refractivity contribution in [1.82, 2.24) is 0 Å². The molecule has 0 aromatic heterocycles. The number of halogens is 2. The molecular weight excluding hydrogens is 232 g/mol. The number of benzene rings is 2. The Hall–Kier alpha value is -1.90. The van der Waals surface area contributed by atoms with Gasteiger partial charge in [0.05, 0.1) is 0 Å². The molecule has 0 saturated heterocycles. The van der Waals surface area contributed by atoms with E-state index in [0.717, 1.165) is 11.1 Å². The SMILES string of the molecule is CCC(F)(F)c1ccc(-c2cccc(N)c2)cc1. The number of hydrogen-bond donors (Lipinski definition) is 1. The van der Waals surface area contributed by atoms with E-state index < -0.39 is 5.92 Å². The molecule has 0 aliphatic carbocycles. The normalized spacial score (nSPS) is 11.5. The predicted octanol–water partition coefficient (Wildman–Crippen LogP) is 4.44. The topological polar surface area (TPSA) is 26.0 Å². The number of alkyl halides is 2. The Morgan fingerprint density at radius 3 is 2.22 bits per heavy atom. The van der Waals surface area contributed by atoms with E-state index in [4.69, 9.17) is 5.73 Å². The first-order valence-electron chi connectivity index (χ1n) is 5.87. The molecule has 18 heavy (non-hydrogen) atoms. The van der Waals surface area contributed by atoms with Gasteiger partial charge in [-0.2, -0.15) is 0 Å². The van der Waals surface area contributed by atoms with E-state index in [1.807, 2.05) is 18.2 Å². The molecule has 2 aromatic carbocycles. The van der Waals surface area contributed by atoms with E-state index >= 15 is 0 Å². The highest BCUT2D eigenvalue weighted by molar-refractivity contribution is 5.67. The molecule has 0 bridgehead atoms. The van der Waals surface area contributed by atoms with Crippen LogP contribution in [0.25, 0.3) is 11.1 Å². The Balaban J connectivity index is 2.33. The summed E-state index contributed by atoms with van der Waals surface area (Å²) >= 11 is 0. The van der Waals surface area contributed by atoms with E-state index in [-0.39, 0.29) is 12.0 Å². The average molecular weight is 247 g/mol. The quantitative estimate of drug-likeness (QED) is 0.797. The zero-order valence-electron chi connectivity index (χ0n) is 10.2. The molecule has 2 N–H and O–H groups in total. The standard InChI is InChI=1S/C15H15F2N/c1-2-15(16,17)13-8-6-11(7-9-13)12-4-3-5-14(18)10-12/h3-10H,2,18H2,1H3. The lowest BCUT2D eigenvalue weighted by Crippen LogP contribution is -2.10.